The number of nitrogens with zero attached hydrogens (tertiary/aromatic N) is 2. The van der Waals surface area contributed by atoms with Gasteiger partial charge in [-0.15, -0.1) is 0 Å². The van der Waals surface area contributed by atoms with Crippen molar-refractivity contribution in [1.29, 1.82) is 0 Å². The highest BCUT2D eigenvalue weighted by Gasteiger charge is 2.44. The molecule has 1 aromatic heterocycles. The van der Waals surface area contributed by atoms with Crippen molar-refractivity contribution in [2.45, 2.75) is 44.1 Å². The summed E-state index contributed by atoms with van der Waals surface area (Å²) in [5, 5.41) is 3.26. The maximum Gasteiger partial charge on any atom is 0.253 e. The number of rotatable bonds is 3. The molecule has 5 nitrogen and oxygen atoms in total. The molecule has 1 N–H and O–H groups in total. The molecule has 2 aromatic rings. The van der Waals surface area contributed by atoms with Gasteiger partial charge in [0.2, 0.25) is 5.89 Å². The number of piperidine rings is 3. The molecular formula is C19H23N3O2. The zero-order chi connectivity index (χ0) is 16.3. The van der Waals surface area contributed by atoms with E-state index in [2.05, 4.69) is 22.1 Å². The Bertz CT molecular complexity index is 800. The van der Waals surface area contributed by atoms with Crippen molar-refractivity contribution in [1.82, 2.24) is 15.2 Å². The van der Waals surface area contributed by atoms with Crippen molar-refractivity contribution in [3.63, 3.8) is 0 Å². The zero-order valence-electron chi connectivity index (χ0n) is 14.0. The summed E-state index contributed by atoms with van der Waals surface area (Å²) in [5.41, 5.74) is 2.14. The summed E-state index contributed by atoms with van der Waals surface area (Å²) in [5.74, 6) is 1.39. The third kappa shape index (κ3) is 2.25. The Morgan fingerprint density at radius 2 is 2.12 bits per heavy atom. The topological polar surface area (TPSA) is 58.4 Å². The summed E-state index contributed by atoms with van der Waals surface area (Å²) in [4.78, 5) is 20.0. The minimum absolute atomic E-state index is 0.0138. The molecule has 1 aromatic carbocycles. The lowest BCUT2D eigenvalue weighted by molar-refractivity contribution is 0.0621. The normalized spacial score (nSPS) is 30.5. The number of aromatic nitrogens is 1. The average molecular weight is 325 g/mol. The van der Waals surface area contributed by atoms with Gasteiger partial charge >= 0.3 is 0 Å². The Hall–Kier alpha value is -1.88. The van der Waals surface area contributed by atoms with E-state index in [1.54, 1.807) is 0 Å². The molecule has 4 heterocycles. The van der Waals surface area contributed by atoms with Gasteiger partial charge in [0.05, 0.1) is 5.56 Å². The predicted molar refractivity (Wildman–Crippen MR) is 91.0 cm³/mol. The van der Waals surface area contributed by atoms with Crippen molar-refractivity contribution in [2.75, 3.05) is 19.6 Å². The molecule has 5 heteroatoms. The van der Waals surface area contributed by atoms with E-state index in [4.69, 9.17) is 4.42 Å². The largest absolute Gasteiger partial charge is 0.440 e. The van der Waals surface area contributed by atoms with E-state index in [-0.39, 0.29) is 17.4 Å². The second-order valence-corrected chi connectivity index (χ2v) is 7.95. The summed E-state index contributed by atoms with van der Waals surface area (Å²) >= 11 is 0. The number of carbonyl (C=O) groups is 1. The standard InChI is InChI=1S/C19H23N3O2/c1-19(7-8-19)18-21-16-13(3-2-4-15(16)24-18)17(23)20-14-11-22-9-5-12(14)6-10-22/h2-4,12,14H,5-11H2,1H3,(H,20,23)/t14-/m1/s1. The van der Waals surface area contributed by atoms with Gasteiger partial charge in [-0.25, -0.2) is 4.98 Å². The van der Waals surface area contributed by atoms with Crippen LogP contribution in [0.3, 0.4) is 0 Å². The van der Waals surface area contributed by atoms with Crippen LogP contribution in [-0.4, -0.2) is 41.5 Å². The van der Waals surface area contributed by atoms with Crippen LogP contribution in [0.4, 0.5) is 0 Å². The lowest BCUT2D eigenvalue weighted by Crippen LogP contribution is -2.57. The molecule has 4 aliphatic rings. The van der Waals surface area contributed by atoms with Gasteiger partial charge < -0.3 is 14.6 Å². The minimum atomic E-state index is -0.0138. The van der Waals surface area contributed by atoms with Gasteiger partial charge in [0, 0.05) is 18.0 Å². The van der Waals surface area contributed by atoms with Crippen molar-refractivity contribution in [2.24, 2.45) is 5.92 Å². The second-order valence-electron chi connectivity index (χ2n) is 7.95. The number of nitrogens with one attached hydrogen (secondary N) is 1. The lowest BCUT2D eigenvalue weighted by Gasteiger charge is -2.44. The Balaban J connectivity index is 1.43. The van der Waals surface area contributed by atoms with Crippen molar-refractivity contribution in [3.05, 3.63) is 29.7 Å². The monoisotopic (exact) mass is 325 g/mol. The number of oxazole rings is 1. The smallest absolute Gasteiger partial charge is 0.253 e. The van der Waals surface area contributed by atoms with Crippen LogP contribution in [0.5, 0.6) is 0 Å². The van der Waals surface area contributed by atoms with Crippen LogP contribution < -0.4 is 5.32 Å². The lowest BCUT2D eigenvalue weighted by atomic mass is 9.84. The molecule has 3 saturated heterocycles. The van der Waals surface area contributed by atoms with Gasteiger partial charge in [-0.05, 0) is 56.8 Å². The maximum atomic E-state index is 12.9. The maximum absolute atomic E-state index is 12.9. The number of para-hydroxylation sites is 1. The number of benzene rings is 1. The van der Waals surface area contributed by atoms with Crippen LogP contribution in [0.2, 0.25) is 0 Å². The summed E-state index contributed by atoms with van der Waals surface area (Å²) in [6.45, 7) is 5.51. The van der Waals surface area contributed by atoms with E-state index >= 15 is 0 Å². The molecule has 4 fully saturated rings. The third-order valence-corrected chi connectivity index (χ3v) is 6.15. The number of carbonyl (C=O) groups excluding carboxylic acids is 1. The summed E-state index contributed by atoms with van der Waals surface area (Å²) in [7, 11) is 0. The summed E-state index contributed by atoms with van der Waals surface area (Å²) < 4.78 is 5.93. The highest BCUT2D eigenvalue weighted by molar-refractivity contribution is 6.04. The fourth-order valence-corrected chi connectivity index (χ4v) is 4.17. The van der Waals surface area contributed by atoms with Gasteiger partial charge in [0.15, 0.2) is 5.58 Å². The average Bonchev–Trinajstić information content (AvgIpc) is 3.20. The molecule has 3 aliphatic heterocycles. The van der Waals surface area contributed by atoms with E-state index in [9.17, 15) is 4.79 Å². The molecule has 24 heavy (non-hydrogen) atoms. The van der Waals surface area contributed by atoms with Gasteiger partial charge in [-0.3, -0.25) is 4.79 Å². The van der Waals surface area contributed by atoms with Crippen LogP contribution in [0.15, 0.2) is 22.6 Å². The number of fused-ring (bicyclic) bond motifs is 4. The second kappa shape index (κ2) is 5.06. The molecule has 1 amide bonds. The van der Waals surface area contributed by atoms with E-state index in [0.29, 0.717) is 17.0 Å². The van der Waals surface area contributed by atoms with Crippen LogP contribution in [0.1, 0.15) is 48.9 Å². The Kier molecular flexibility index (Phi) is 3.05. The molecule has 0 radical (unpaired) electrons. The van der Waals surface area contributed by atoms with Crippen LogP contribution >= 0.6 is 0 Å². The van der Waals surface area contributed by atoms with Gasteiger partial charge in [-0.1, -0.05) is 13.0 Å². The Labute approximate surface area is 141 Å². The Morgan fingerprint density at radius 1 is 1.33 bits per heavy atom. The van der Waals surface area contributed by atoms with E-state index in [1.807, 2.05) is 18.2 Å². The molecular weight excluding hydrogens is 302 g/mol. The fourth-order valence-electron chi connectivity index (χ4n) is 4.17. The zero-order valence-corrected chi connectivity index (χ0v) is 14.0. The van der Waals surface area contributed by atoms with Crippen LogP contribution in [-0.2, 0) is 5.41 Å². The molecule has 6 rings (SSSR count). The van der Waals surface area contributed by atoms with Crippen LogP contribution in [0.25, 0.3) is 11.1 Å². The summed E-state index contributed by atoms with van der Waals surface area (Å²) in [6, 6.07) is 5.92. The van der Waals surface area contributed by atoms with E-state index < -0.39 is 0 Å². The van der Waals surface area contributed by atoms with Gasteiger partial charge in [-0.2, -0.15) is 0 Å². The van der Waals surface area contributed by atoms with E-state index in [1.165, 1.54) is 25.9 Å². The van der Waals surface area contributed by atoms with Crippen molar-refractivity contribution >= 4 is 17.0 Å². The number of hydrogen-bond donors (Lipinski definition) is 1. The number of hydrogen-bond acceptors (Lipinski definition) is 4. The summed E-state index contributed by atoms with van der Waals surface area (Å²) in [6.07, 6.45) is 4.62. The molecule has 1 atom stereocenters. The SMILES string of the molecule is CC1(c2nc3c(C(=O)N[C@@H]4CN5CCC4CC5)cccc3o2)CC1. The molecule has 1 saturated carbocycles. The predicted octanol–water partition coefficient (Wildman–Crippen LogP) is 2.70. The molecule has 126 valence electrons. The third-order valence-electron chi connectivity index (χ3n) is 6.15. The highest BCUT2D eigenvalue weighted by atomic mass is 16.3. The fraction of sp³-hybridized carbons (Fsp3) is 0.579. The molecule has 2 bridgehead atoms. The Morgan fingerprint density at radius 3 is 2.79 bits per heavy atom. The molecule has 0 spiro atoms. The van der Waals surface area contributed by atoms with Crippen LogP contribution in [0, 0.1) is 5.92 Å². The minimum Gasteiger partial charge on any atom is -0.440 e. The van der Waals surface area contributed by atoms with E-state index in [0.717, 1.165) is 30.9 Å². The first-order valence-electron chi connectivity index (χ1n) is 9.06. The first-order valence-corrected chi connectivity index (χ1v) is 9.06. The van der Waals surface area contributed by atoms with Gasteiger partial charge in [0.1, 0.15) is 5.52 Å². The first kappa shape index (κ1) is 14.5. The highest BCUT2D eigenvalue weighted by Crippen LogP contribution is 2.47. The molecule has 0 unspecified atom stereocenters. The first-order chi connectivity index (χ1) is 11.6. The number of amides is 1. The quantitative estimate of drug-likeness (QED) is 0.943. The molecule has 1 aliphatic carbocycles. The van der Waals surface area contributed by atoms with Crippen molar-refractivity contribution < 1.29 is 9.21 Å². The van der Waals surface area contributed by atoms with Gasteiger partial charge in [0.25, 0.3) is 5.91 Å². The van der Waals surface area contributed by atoms with Crippen molar-refractivity contribution in [3.8, 4) is 0 Å².